The largest absolute Gasteiger partial charge is 0.310 e. The molecule has 0 spiro atoms. The summed E-state index contributed by atoms with van der Waals surface area (Å²) in [7, 11) is -3.95. The normalized spacial score (nSPS) is 15.9. The molecule has 1 saturated carbocycles. The van der Waals surface area contributed by atoms with Gasteiger partial charge >= 0.3 is 0 Å². The molecule has 0 radical (unpaired) electrons. The van der Waals surface area contributed by atoms with Crippen molar-refractivity contribution in [2.45, 2.75) is 62.9 Å². The molecule has 1 unspecified atom stereocenters. The van der Waals surface area contributed by atoms with Crippen molar-refractivity contribution in [3.63, 3.8) is 0 Å². The van der Waals surface area contributed by atoms with Crippen LogP contribution in [-0.4, -0.2) is 24.2 Å². The topological polar surface area (TPSA) is 76.0 Å². The highest BCUT2D eigenvalue weighted by molar-refractivity contribution is 7.92. The molecule has 176 valence electrons. The van der Waals surface area contributed by atoms with E-state index in [0.29, 0.717) is 18.3 Å². The Morgan fingerprint density at radius 1 is 1.12 bits per heavy atom. The summed E-state index contributed by atoms with van der Waals surface area (Å²) in [6.45, 7) is 2.74. The van der Waals surface area contributed by atoms with Gasteiger partial charge in [0.1, 0.15) is 11.5 Å². The number of halogens is 1. The molecule has 1 atom stereocenters. The molecule has 0 aliphatic heterocycles. The Morgan fingerprint density at radius 3 is 2.64 bits per heavy atom. The fourth-order valence-corrected chi connectivity index (χ4v) is 5.63. The first kappa shape index (κ1) is 23.4. The first-order valence-corrected chi connectivity index (χ1v) is 13.0. The molecule has 1 heterocycles. The summed E-state index contributed by atoms with van der Waals surface area (Å²) < 4.78 is 44.6. The van der Waals surface area contributed by atoms with E-state index in [1.807, 2.05) is 12.1 Å². The Labute approximate surface area is 195 Å². The first-order valence-electron chi connectivity index (χ1n) is 11.6. The molecule has 1 fully saturated rings. The van der Waals surface area contributed by atoms with Gasteiger partial charge in [0.2, 0.25) is 0 Å². The van der Waals surface area contributed by atoms with Crippen molar-refractivity contribution in [1.82, 2.24) is 15.1 Å². The van der Waals surface area contributed by atoms with Gasteiger partial charge in [0.25, 0.3) is 10.0 Å². The second-order valence-corrected chi connectivity index (χ2v) is 10.5. The lowest BCUT2D eigenvalue weighted by molar-refractivity contribution is 0.305. The molecule has 2 aromatic carbocycles. The van der Waals surface area contributed by atoms with Crippen molar-refractivity contribution < 1.29 is 12.8 Å². The number of hydrogen-bond acceptors (Lipinski definition) is 4. The summed E-state index contributed by atoms with van der Waals surface area (Å²) in [6, 6.07) is 13.1. The lowest BCUT2D eigenvalue weighted by Gasteiger charge is -2.25. The van der Waals surface area contributed by atoms with Crippen LogP contribution < -0.4 is 10.0 Å². The molecule has 0 amide bonds. The molecule has 0 bridgehead atoms. The molecule has 4 rings (SSSR count). The maximum absolute atomic E-state index is 14.6. The third kappa shape index (κ3) is 6.00. The van der Waals surface area contributed by atoms with E-state index in [0.717, 1.165) is 24.0 Å². The third-order valence-electron chi connectivity index (χ3n) is 6.29. The minimum absolute atomic E-state index is 0.135. The highest BCUT2D eigenvalue weighted by Gasteiger charge is 2.20. The Hall–Kier alpha value is -2.71. The predicted molar refractivity (Wildman–Crippen MR) is 128 cm³/mol. The Kier molecular flexibility index (Phi) is 7.45. The standard InChI is InChI=1S/C25H31FN4O2S/c1-19(16-20-8-3-2-4-9-20)27-18-21-10-5-6-11-24(21)29-33(31,32)22-12-13-25(23(26)17-22)30-15-7-14-28-30/h5-7,10-15,17,19-20,27,29H,2-4,8-9,16,18H2,1H3. The SMILES string of the molecule is CC(CC1CCCCC1)NCc1ccccc1NS(=O)(=O)c1ccc(-n2cccn2)c(F)c1. The van der Waals surface area contributed by atoms with Crippen molar-refractivity contribution in [2.24, 2.45) is 5.92 Å². The number of benzene rings is 2. The second-order valence-electron chi connectivity index (χ2n) is 8.85. The van der Waals surface area contributed by atoms with E-state index in [1.54, 1.807) is 24.4 Å². The molecule has 2 N–H and O–H groups in total. The monoisotopic (exact) mass is 470 g/mol. The van der Waals surface area contributed by atoms with Gasteiger partial charge in [0, 0.05) is 25.0 Å². The van der Waals surface area contributed by atoms with E-state index in [-0.39, 0.29) is 10.6 Å². The number of para-hydroxylation sites is 1. The van der Waals surface area contributed by atoms with Gasteiger partial charge < -0.3 is 5.32 Å². The van der Waals surface area contributed by atoms with Crippen LogP contribution in [0, 0.1) is 11.7 Å². The Balaban J connectivity index is 1.43. The van der Waals surface area contributed by atoms with E-state index in [1.165, 1.54) is 55.1 Å². The first-order chi connectivity index (χ1) is 15.9. The van der Waals surface area contributed by atoms with E-state index < -0.39 is 15.8 Å². The highest BCUT2D eigenvalue weighted by Crippen LogP contribution is 2.28. The molecule has 6 nitrogen and oxygen atoms in total. The average molecular weight is 471 g/mol. The van der Waals surface area contributed by atoms with Crippen molar-refractivity contribution in [3.8, 4) is 5.69 Å². The minimum atomic E-state index is -3.95. The summed E-state index contributed by atoms with van der Waals surface area (Å²) >= 11 is 0. The lowest BCUT2D eigenvalue weighted by atomic mass is 9.85. The maximum atomic E-state index is 14.6. The zero-order valence-corrected chi connectivity index (χ0v) is 19.7. The number of nitrogens with zero attached hydrogens (tertiary/aromatic N) is 2. The molecule has 33 heavy (non-hydrogen) atoms. The van der Waals surface area contributed by atoms with Crippen LogP contribution in [-0.2, 0) is 16.6 Å². The van der Waals surface area contributed by atoms with Gasteiger partial charge in [0.15, 0.2) is 0 Å². The van der Waals surface area contributed by atoms with E-state index in [4.69, 9.17) is 0 Å². The Bertz CT molecular complexity index is 1160. The fraction of sp³-hybridized carbons (Fsp3) is 0.400. The zero-order valence-electron chi connectivity index (χ0n) is 18.9. The predicted octanol–water partition coefficient (Wildman–Crippen LogP) is 5.26. The quantitative estimate of drug-likeness (QED) is 0.447. The van der Waals surface area contributed by atoms with Crippen LogP contribution in [0.5, 0.6) is 0 Å². The van der Waals surface area contributed by atoms with Gasteiger partial charge in [-0.3, -0.25) is 4.72 Å². The summed E-state index contributed by atoms with van der Waals surface area (Å²) in [5.41, 5.74) is 1.53. The molecule has 1 aliphatic carbocycles. The van der Waals surface area contributed by atoms with Gasteiger partial charge in [-0.15, -0.1) is 0 Å². The number of rotatable bonds is 9. The molecule has 1 aliphatic rings. The molecule has 8 heteroatoms. The van der Waals surface area contributed by atoms with Crippen LogP contribution in [0.2, 0.25) is 0 Å². The van der Waals surface area contributed by atoms with Crippen molar-refractivity contribution in [2.75, 3.05) is 4.72 Å². The van der Waals surface area contributed by atoms with Gasteiger partial charge in [-0.25, -0.2) is 17.5 Å². The van der Waals surface area contributed by atoms with Crippen LogP contribution in [0.1, 0.15) is 51.0 Å². The van der Waals surface area contributed by atoms with Crippen molar-refractivity contribution in [1.29, 1.82) is 0 Å². The molecule has 3 aromatic rings. The van der Waals surface area contributed by atoms with E-state index in [2.05, 4.69) is 22.1 Å². The third-order valence-corrected chi connectivity index (χ3v) is 7.66. The Morgan fingerprint density at radius 2 is 1.91 bits per heavy atom. The summed E-state index contributed by atoms with van der Waals surface area (Å²) in [5, 5.41) is 7.53. The van der Waals surface area contributed by atoms with Gasteiger partial charge in [-0.1, -0.05) is 50.3 Å². The van der Waals surface area contributed by atoms with Crippen LogP contribution >= 0.6 is 0 Å². The average Bonchev–Trinajstić information content (AvgIpc) is 3.33. The fourth-order valence-electron chi connectivity index (χ4n) is 4.52. The summed E-state index contributed by atoms with van der Waals surface area (Å²) in [4.78, 5) is -0.135. The summed E-state index contributed by atoms with van der Waals surface area (Å²) in [6.07, 6.45) is 10.9. The maximum Gasteiger partial charge on any atom is 0.262 e. The number of nitrogens with one attached hydrogen (secondary N) is 2. The van der Waals surface area contributed by atoms with Gasteiger partial charge in [-0.05, 0) is 55.2 Å². The number of sulfonamides is 1. The smallest absolute Gasteiger partial charge is 0.262 e. The second kappa shape index (κ2) is 10.5. The number of aromatic nitrogens is 2. The van der Waals surface area contributed by atoms with E-state index >= 15 is 0 Å². The molecular formula is C25H31FN4O2S. The minimum Gasteiger partial charge on any atom is -0.310 e. The van der Waals surface area contributed by atoms with Gasteiger partial charge in [-0.2, -0.15) is 5.10 Å². The molecule has 1 aromatic heterocycles. The van der Waals surface area contributed by atoms with Crippen LogP contribution in [0.15, 0.2) is 65.8 Å². The van der Waals surface area contributed by atoms with Crippen LogP contribution in [0.25, 0.3) is 5.69 Å². The molecular weight excluding hydrogens is 439 g/mol. The van der Waals surface area contributed by atoms with Crippen LogP contribution in [0.3, 0.4) is 0 Å². The number of hydrogen-bond donors (Lipinski definition) is 2. The zero-order chi connectivity index (χ0) is 23.3. The van der Waals surface area contributed by atoms with Crippen LogP contribution in [0.4, 0.5) is 10.1 Å². The summed E-state index contributed by atoms with van der Waals surface area (Å²) in [5.74, 6) is 0.114. The number of anilines is 1. The van der Waals surface area contributed by atoms with Gasteiger partial charge in [0.05, 0.1) is 10.6 Å². The van der Waals surface area contributed by atoms with Crippen molar-refractivity contribution >= 4 is 15.7 Å². The highest BCUT2D eigenvalue weighted by atomic mass is 32.2. The van der Waals surface area contributed by atoms with E-state index in [9.17, 15) is 12.8 Å². The van der Waals surface area contributed by atoms with Crippen molar-refractivity contribution in [3.05, 3.63) is 72.3 Å². The lowest BCUT2D eigenvalue weighted by Crippen LogP contribution is -2.29. The molecule has 0 saturated heterocycles.